The van der Waals surface area contributed by atoms with Crippen LogP contribution in [0.15, 0.2) is 54.6 Å². The molecule has 0 radical (unpaired) electrons. The van der Waals surface area contributed by atoms with Gasteiger partial charge in [0.05, 0.1) is 6.61 Å². The number of aliphatic hydroxyl groups is 1. The van der Waals surface area contributed by atoms with E-state index in [1.165, 1.54) is 0 Å². The molecule has 28 heavy (non-hydrogen) atoms. The lowest BCUT2D eigenvalue weighted by atomic mass is 10.0. The molecule has 0 heterocycles. The summed E-state index contributed by atoms with van der Waals surface area (Å²) in [6.45, 7) is 3.14. The molecule has 0 aliphatic heterocycles. The van der Waals surface area contributed by atoms with Crippen molar-refractivity contribution in [3.63, 3.8) is 0 Å². The SMILES string of the molecule is CCC(CO)NCc1c(OCc2ccc(Cl)cc2Cl)ccc2ccccc12.Cl. The first-order chi connectivity index (χ1) is 13.1. The molecule has 3 nitrogen and oxygen atoms in total. The van der Waals surface area contributed by atoms with Gasteiger partial charge in [-0.15, -0.1) is 12.4 Å². The fourth-order valence-corrected chi connectivity index (χ4v) is 3.48. The summed E-state index contributed by atoms with van der Waals surface area (Å²) < 4.78 is 6.12. The van der Waals surface area contributed by atoms with E-state index in [0.717, 1.165) is 34.1 Å². The zero-order valence-electron chi connectivity index (χ0n) is 15.6. The Morgan fingerprint density at radius 1 is 1.07 bits per heavy atom. The molecule has 0 aromatic heterocycles. The summed E-state index contributed by atoms with van der Waals surface area (Å²) in [7, 11) is 0. The van der Waals surface area contributed by atoms with Crippen molar-refractivity contribution in [2.75, 3.05) is 6.61 Å². The third-order valence-electron chi connectivity index (χ3n) is 4.68. The minimum absolute atomic E-state index is 0. The lowest BCUT2D eigenvalue weighted by Crippen LogP contribution is -2.31. The lowest BCUT2D eigenvalue weighted by molar-refractivity contribution is 0.237. The van der Waals surface area contributed by atoms with Gasteiger partial charge in [-0.1, -0.05) is 66.5 Å². The zero-order valence-corrected chi connectivity index (χ0v) is 17.9. The summed E-state index contributed by atoms with van der Waals surface area (Å²) in [5.74, 6) is 0.806. The second-order valence-electron chi connectivity index (χ2n) is 6.46. The number of nitrogens with one attached hydrogen (secondary N) is 1. The van der Waals surface area contributed by atoms with Crippen molar-refractivity contribution >= 4 is 46.4 Å². The predicted molar refractivity (Wildman–Crippen MR) is 120 cm³/mol. The van der Waals surface area contributed by atoms with Crippen LogP contribution in [-0.2, 0) is 13.2 Å². The molecule has 0 spiro atoms. The third kappa shape index (κ3) is 5.53. The molecule has 150 valence electrons. The van der Waals surface area contributed by atoms with Crippen molar-refractivity contribution in [1.29, 1.82) is 0 Å². The minimum Gasteiger partial charge on any atom is -0.488 e. The molecule has 3 rings (SSSR count). The normalized spacial score (nSPS) is 11.9. The molecule has 1 unspecified atom stereocenters. The van der Waals surface area contributed by atoms with Crippen LogP contribution >= 0.6 is 35.6 Å². The Balaban J connectivity index is 0.00000280. The highest BCUT2D eigenvalue weighted by molar-refractivity contribution is 6.35. The molecular formula is C22H24Cl3NO2. The molecular weight excluding hydrogens is 417 g/mol. The van der Waals surface area contributed by atoms with E-state index in [9.17, 15) is 5.11 Å². The predicted octanol–water partition coefficient (Wildman–Crippen LogP) is 6.01. The average Bonchev–Trinajstić information content (AvgIpc) is 2.68. The Morgan fingerprint density at radius 2 is 1.86 bits per heavy atom. The number of hydrogen-bond donors (Lipinski definition) is 2. The zero-order chi connectivity index (χ0) is 19.2. The van der Waals surface area contributed by atoms with Gasteiger partial charge in [0.1, 0.15) is 12.4 Å². The minimum atomic E-state index is 0. The number of hydrogen-bond acceptors (Lipinski definition) is 3. The van der Waals surface area contributed by atoms with Gasteiger partial charge in [-0.2, -0.15) is 0 Å². The van der Waals surface area contributed by atoms with E-state index in [1.54, 1.807) is 6.07 Å². The largest absolute Gasteiger partial charge is 0.488 e. The maximum atomic E-state index is 9.47. The second kappa shape index (κ2) is 10.9. The van der Waals surface area contributed by atoms with Crippen LogP contribution in [0.2, 0.25) is 10.0 Å². The number of rotatable bonds is 8. The Bertz CT molecular complexity index is 913. The molecule has 0 saturated heterocycles. The first-order valence-electron chi connectivity index (χ1n) is 9.04. The highest BCUT2D eigenvalue weighted by atomic mass is 35.5. The lowest BCUT2D eigenvalue weighted by Gasteiger charge is -2.18. The number of benzene rings is 3. The van der Waals surface area contributed by atoms with Crippen LogP contribution in [0, 0.1) is 0 Å². The third-order valence-corrected chi connectivity index (χ3v) is 5.26. The first kappa shape index (κ1) is 22.8. The molecule has 0 amide bonds. The van der Waals surface area contributed by atoms with E-state index in [0.29, 0.717) is 23.2 Å². The van der Waals surface area contributed by atoms with Crippen LogP contribution in [0.3, 0.4) is 0 Å². The topological polar surface area (TPSA) is 41.5 Å². The standard InChI is InChI=1S/C22H23Cl2NO2.ClH/c1-2-18(13-26)25-12-20-19-6-4-3-5-15(19)8-10-22(20)27-14-16-7-9-17(23)11-21(16)24;/h3-11,18,25-26H,2,12-14H2,1H3;1H. The van der Waals surface area contributed by atoms with E-state index in [1.807, 2.05) is 30.3 Å². The Kier molecular flexibility index (Phi) is 8.87. The van der Waals surface area contributed by atoms with Crippen LogP contribution in [0.5, 0.6) is 5.75 Å². The second-order valence-corrected chi connectivity index (χ2v) is 7.30. The molecule has 1 atom stereocenters. The van der Waals surface area contributed by atoms with Gasteiger partial charge >= 0.3 is 0 Å². The van der Waals surface area contributed by atoms with Gasteiger partial charge in [0.2, 0.25) is 0 Å². The average molecular weight is 441 g/mol. The first-order valence-corrected chi connectivity index (χ1v) is 9.79. The van der Waals surface area contributed by atoms with Gasteiger partial charge in [0, 0.05) is 33.8 Å². The fraction of sp³-hybridized carbons (Fsp3) is 0.273. The van der Waals surface area contributed by atoms with Crippen LogP contribution in [-0.4, -0.2) is 17.8 Å². The highest BCUT2D eigenvalue weighted by Crippen LogP contribution is 2.30. The Labute approximate surface area is 182 Å². The molecule has 3 aromatic carbocycles. The van der Waals surface area contributed by atoms with Crippen LogP contribution in [0.1, 0.15) is 24.5 Å². The van der Waals surface area contributed by atoms with Crippen LogP contribution in [0.25, 0.3) is 10.8 Å². The summed E-state index contributed by atoms with van der Waals surface area (Å²) in [6, 6.07) is 17.7. The van der Waals surface area contributed by atoms with Gasteiger partial charge < -0.3 is 15.2 Å². The van der Waals surface area contributed by atoms with Gasteiger partial charge in [-0.05, 0) is 35.4 Å². The number of aliphatic hydroxyl groups excluding tert-OH is 1. The quantitative estimate of drug-likeness (QED) is 0.451. The molecule has 2 N–H and O–H groups in total. The molecule has 0 aliphatic carbocycles. The van der Waals surface area contributed by atoms with Crippen LogP contribution in [0.4, 0.5) is 0 Å². The molecule has 0 fully saturated rings. The van der Waals surface area contributed by atoms with Gasteiger partial charge in [-0.3, -0.25) is 0 Å². The van der Waals surface area contributed by atoms with Crippen molar-refractivity contribution in [3.8, 4) is 5.75 Å². The molecule has 3 aromatic rings. The smallest absolute Gasteiger partial charge is 0.124 e. The molecule has 0 saturated carbocycles. The summed E-state index contributed by atoms with van der Waals surface area (Å²) in [5.41, 5.74) is 1.96. The summed E-state index contributed by atoms with van der Waals surface area (Å²) in [6.07, 6.45) is 0.859. The summed E-state index contributed by atoms with van der Waals surface area (Å²) >= 11 is 12.2. The van der Waals surface area contributed by atoms with E-state index < -0.39 is 0 Å². The maximum absolute atomic E-state index is 9.47. The van der Waals surface area contributed by atoms with E-state index >= 15 is 0 Å². The van der Waals surface area contributed by atoms with Gasteiger partial charge in [-0.25, -0.2) is 0 Å². The Hall–Kier alpha value is -1.49. The van der Waals surface area contributed by atoms with Crippen molar-refractivity contribution in [3.05, 3.63) is 75.8 Å². The van der Waals surface area contributed by atoms with Crippen molar-refractivity contribution < 1.29 is 9.84 Å². The number of halogens is 3. The van der Waals surface area contributed by atoms with E-state index in [2.05, 4.69) is 30.4 Å². The molecule has 0 bridgehead atoms. The molecule has 0 aliphatic rings. The molecule has 6 heteroatoms. The maximum Gasteiger partial charge on any atom is 0.124 e. The fourth-order valence-electron chi connectivity index (χ4n) is 3.01. The van der Waals surface area contributed by atoms with Crippen molar-refractivity contribution in [1.82, 2.24) is 5.32 Å². The van der Waals surface area contributed by atoms with Gasteiger partial charge in [0.15, 0.2) is 0 Å². The number of fused-ring (bicyclic) bond motifs is 1. The van der Waals surface area contributed by atoms with Gasteiger partial charge in [0.25, 0.3) is 0 Å². The number of ether oxygens (including phenoxy) is 1. The van der Waals surface area contributed by atoms with Crippen molar-refractivity contribution in [2.24, 2.45) is 0 Å². The van der Waals surface area contributed by atoms with E-state index in [-0.39, 0.29) is 25.1 Å². The van der Waals surface area contributed by atoms with E-state index in [4.69, 9.17) is 27.9 Å². The van der Waals surface area contributed by atoms with Crippen LogP contribution < -0.4 is 10.1 Å². The Morgan fingerprint density at radius 3 is 2.57 bits per heavy atom. The monoisotopic (exact) mass is 439 g/mol. The van der Waals surface area contributed by atoms with Crippen molar-refractivity contribution in [2.45, 2.75) is 32.5 Å². The highest BCUT2D eigenvalue weighted by Gasteiger charge is 2.12. The summed E-state index contributed by atoms with van der Waals surface area (Å²) in [5, 5.41) is 16.4. The summed E-state index contributed by atoms with van der Waals surface area (Å²) in [4.78, 5) is 0.